The van der Waals surface area contributed by atoms with Crippen molar-refractivity contribution < 1.29 is 9.90 Å². The number of nitrogens with one attached hydrogen (secondary N) is 1. The third-order valence-corrected chi connectivity index (χ3v) is 3.14. The Bertz CT molecular complexity index is 384. The third-order valence-electron chi connectivity index (χ3n) is 3.14. The smallest absolute Gasteiger partial charge is 0.337 e. The van der Waals surface area contributed by atoms with E-state index in [1.807, 2.05) is 19.1 Å². The van der Waals surface area contributed by atoms with Crippen LogP contribution in [0.3, 0.4) is 0 Å². The van der Waals surface area contributed by atoms with Gasteiger partial charge in [-0.25, -0.2) is 4.79 Å². The number of carboxylic acids is 1. The van der Waals surface area contributed by atoms with Gasteiger partial charge in [-0.3, -0.25) is 0 Å². The molecule has 0 saturated carbocycles. The fourth-order valence-electron chi connectivity index (χ4n) is 1.82. The van der Waals surface area contributed by atoms with Crippen LogP contribution >= 0.6 is 0 Å². The number of aryl methyl sites for hydroxylation is 1. The summed E-state index contributed by atoms with van der Waals surface area (Å²) in [6.07, 6.45) is 2.22. The van der Waals surface area contributed by atoms with Crippen LogP contribution < -0.4 is 5.32 Å². The average molecular weight is 235 g/mol. The van der Waals surface area contributed by atoms with Crippen LogP contribution in [0.2, 0.25) is 0 Å². The predicted octanol–water partition coefficient (Wildman–Crippen LogP) is 3.54. The van der Waals surface area contributed by atoms with E-state index in [0.29, 0.717) is 11.5 Å². The number of carboxylic acid groups (broad SMARTS) is 1. The van der Waals surface area contributed by atoms with Gasteiger partial charge in [0.2, 0.25) is 0 Å². The highest BCUT2D eigenvalue weighted by atomic mass is 16.4. The third kappa shape index (κ3) is 3.77. The lowest BCUT2D eigenvalue weighted by atomic mass is 10.0. The highest BCUT2D eigenvalue weighted by molar-refractivity contribution is 5.94. The molecular formula is C14H21NO2. The minimum absolute atomic E-state index is 0.349. The molecule has 0 unspecified atom stereocenters. The molecule has 94 valence electrons. The monoisotopic (exact) mass is 235 g/mol. The van der Waals surface area contributed by atoms with Crippen LogP contribution in [0.4, 0.5) is 5.69 Å². The molecule has 0 amide bonds. The number of benzene rings is 1. The van der Waals surface area contributed by atoms with E-state index in [2.05, 4.69) is 19.2 Å². The molecule has 1 aromatic rings. The van der Waals surface area contributed by atoms with Gasteiger partial charge in [-0.05, 0) is 30.5 Å². The maximum atomic E-state index is 11.1. The van der Waals surface area contributed by atoms with E-state index >= 15 is 0 Å². The van der Waals surface area contributed by atoms with Gasteiger partial charge < -0.3 is 10.4 Å². The molecular weight excluding hydrogens is 214 g/mol. The van der Waals surface area contributed by atoms with Crippen LogP contribution in [0.15, 0.2) is 18.2 Å². The van der Waals surface area contributed by atoms with Gasteiger partial charge in [0.25, 0.3) is 0 Å². The Balaban J connectivity index is 2.81. The zero-order valence-corrected chi connectivity index (χ0v) is 10.8. The van der Waals surface area contributed by atoms with Crippen molar-refractivity contribution in [1.82, 2.24) is 0 Å². The molecule has 0 aliphatic heterocycles. The molecule has 0 heterocycles. The van der Waals surface area contributed by atoms with Crippen LogP contribution in [0.5, 0.6) is 0 Å². The molecule has 0 fully saturated rings. The molecule has 0 aromatic heterocycles. The maximum Gasteiger partial charge on any atom is 0.337 e. The summed E-state index contributed by atoms with van der Waals surface area (Å²) < 4.78 is 0. The first-order chi connectivity index (χ1) is 8.08. The summed E-state index contributed by atoms with van der Waals surface area (Å²) in [6.45, 7) is 7.11. The van der Waals surface area contributed by atoms with Crippen molar-refractivity contribution in [3.05, 3.63) is 29.3 Å². The molecule has 0 atom stereocenters. The molecule has 17 heavy (non-hydrogen) atoms. The van der Waals surface area contributed by atoms with E-state index < -0.39 is 5.97 Å². The van der Waals surface area contributed by atoms with Crippen molar-refractivity contribution in [3.63, 3.8) is 0 Å². The first kappa shape index (κ1) is 13.6. The molecule has 0 saturated heterocycles. The van der Waals surface area contributed by atoms with Crippen molar-refractivity contribution in [1.29, 1.82) is 0 Å². The van der Waals surface area contributed by atoms with E-state index in [4.69, 9.17) is 5.11 Å². The van der Waals surface area contributed by atoms with Crippen LogP contribution in [0, 0.1) is 12.8 Å². The number of carbonyl (C=O) groups is 1. The first-order valence-electron chi connectivity index (χ1n) is 6.16. The zero-order valence-electron chi connectivity index (χ0n) is 10.8. The largest absolute Gasteiger partial charge is 0.478 e. The number of aromatic carboxylic acids is 1. The van der Waals surface area contributed by atoms with E-state index in [1.54, 1.807) is 6.07 Å². The Morgan fingerprint density at radius 2 is 2.00 bits per heavy atom. The Labute approximate surface area is 103 Å². The van der Waals surface area contributed by atoms with Gasteiger partial charge in [-0.2, -0.15) is 0 Å². The second kappa shape index (κ2) is 6.28. The van der Waals surface area contributed by atoms with Crippen molar-refractivity contribution in [2.45, 2.75) is 33.6 Å². The summed E-state index contributed by atoms with van der Waals surface area (Å²) in [4.78, 5) is 11.1. The van der Waals surface area contributed by atoms with Gasteiger partial charge in [-0.15, -0.1) is 0 Å². The molecule has 1 aromatic carbocycles. The van der Waals surface area contributed by atoms with Gasteiger partial charge in [0.1, 0.15) is 0 Å². The second-order valence-electron chi connectivity index (χ2n) is 4.42. The SMILES string of the molecule is CCC(CC)CNc1cc(C)ccc1C(=O)O. The van der Waals surface area contributed by atoms with Gasteiger partial charge >= 0.3 is 5.97 Å². The number of rotatable bonds is 6. The summed E-state index contributed by atoms with van der Waals surface area (Å²) in [5.41, 5.74) is 2.15. The van der Waals surface area contributed by atoms with Crippen LogP contribution in [-0.4, -0.2) is 17.6 Å². The first-order valence-corrected chi connectivity index (χ1v) is 6.16. The zero-order chi connectivity index (χ0) is 12.8. The van der Waals surface area contributed by atoms with Crippen LogP contribution in [0.25, 0.3) is 0 Å². The highest BCUT2D eigenvalue weighted by Crippen LogP contribution is 2.19. The second-order valence-corrected chi connectivity index (χ2v) is 4.42. The Kier molecular flexibility index (Phi) is 5.01. The standard InChI is InChI=1S/C14H21NO2/c1-4-11(5-2)9-15-13-8-10(3)6-7-12(13)14(16)17/h6-8,11,15H,4-5,9H2,1-3H3,(H,16,17). The molecule has 3 heteroatoms. The van der Waals surface area contributed by atoms with E-state index in [9.17, 15) is 4.79 Å². The van der Waals surface area contributed by atoms with Crippen LogP contribution in [-0.2, 0) is 0 Å². The fourth-order valence-corrected chi connectivity index (χ4v) is 1.82. The molecule has 1 rings (SSSR count). The number of hydrogen-bond donors (Lipinski definition) is 2. The highest BCUT2D eigenvalue weighted by Gasteiger charge is 2.11. The summed E-state index contributed by atoms with van der Waals surface area (Å²) >= 11 is 0. The van der Waals surface area contributed by atoms with Crippen molar-refractivity contribution in [3.8, 4) is 0 Å². The Hall–Kier alpha value is -1.51. The number of hydrogen-bond acceptors (Lipinski definition) is 2. The minimum Gasteiger partial charge on any atom is -0.478 e. The van der Waals surface area contributed by atoms with E-state index in [-0.39, 0.29) is 0 Å². The molecule has 3 nitrogen and oxygen atoms in total. The fraction of sp³-hybridized carbons (Fsp3) is 0.500. The van der Waals surface area contributed by atoms with Gasteiger partial charge in [0, 0.05) is 12.2 Å². The van der Waals surface area contributed by atoms with Gasteiger partial charge in [0.15, 0.2) is 0 Å². The maximum absolute atomic E-state index is 11.1. The normalized spacial score (nSPS) is 10.6. The molecule has 0 spiro atoms. The van der Waals surface area contributed by atoms with E-state index in [1.165, 1.54) is 0 Å². The topological polar surface area (TPSA) is 49.3 Å². The van der Waals surface area contributed by atoms with Gasteiger partial charge in [0.05, 0.1) is 5.56 Å². The van der Waals surface area contributed by atoms with Crippen molar-refractivity contribution in [2.24, 2.45) is 5.92 Å². The summed E-state index contributed by atoms with van der Waals surface area (Å²) in [7, 11) is 0. The quantitative estimate of drug-likeness (QED) is 0.792. The minimum atomic E-state index is -0.878. The lowest BCUT2D eigenvalue weighted by molar-refractivity contribution is 0.0698. The number of anilines is 1. The van der Waals surface area contributed by atoms with E-state index in [0.717, 1.165) is 30.6 Å². The molecule has 0 radical (unpaired) electrons. The molecule has 0 aliphatic rings. The molecule has 0 aliphatic carbocycles. The Morgan fingerprint density at radius 3 is 2.53 bits per heavy atom. The van der Waals surface area contributed by atoms with Crippen molar-refractivity contribution in [2.75, 3.05) is 11.9 Å². The summed E-state index contributed by atoms with van der Waals surface area (Å²) in [6, 6.07) is 5.38. The van der Waals surface area contributed by atoms with Crippen LogP contribution in [0.1, 0.15) is 42.6 Å². The summed E-state index contributed by atoms with van der Waals surface area (Å²) in [5, 5.41) is 12.4. The lowest BCUT2D eigenvalue weighted by Gasteiger charge is -2.16. The molecule has 0 bridgehead atoms. The van der Waals surface area contributed by atoms with Gasteiger partial charge in [-0.1, -0.05) is 32.8 Å². The average Bonchev–Trinajstić information content (AvgIpc) is 2.30. The predicted molar refractivity (Wildman–Crippen MR) is 70.7 cm³/mol. The van der Waals surface area contributed by atoms with Crippen molar-refractivity contribution >= 4 is 11.7 Å². The Morgan fingerprint density at radius 1 is 1.35 bits per heavy atom. The summed E-state index contributed by atoms with van der Waals surface area (Å²) in [5.74, 6) is -0.283. The molecule has 2 N–H and O–H groups in total. The lowest BCUT2D eigenvalue weighted by Crippen LogP contribution is -2.15.